The van der Waals surface area contributed by atoms with E-state index in [4.69, 9.17) is 0 Å². The lowest BCUT2D eigenvalue weighted by Gasteiger charge is -2.30. The molecule has 0 heterocycles. The van der Waals surface area contributed by atoms with Gasteiger partial charge in [0, 0.05) is 12.2 Å². The molecule has 0 bridgehead atoms. The van der Waals surface area contributed by atoms with Gasteiger partial charge in [-0.05, 0) is 37.5 Å². The Morgan fingerprint density at radius 1 is 1.41 bits per heavy atom. The van der Waals surface area contributed by atoms with E-state index < -0.39 is 12.0 Å². The summed E-state index contributed by atoms with van der Waals surface area (Å²) in [5.41, 5.74) is 2.16. The highest BCUT2D eigenvalue weighted by atomic mass is 16.4. The molecule has 0 aliphatic heterocycles. The third-order valence-corrected chi connectivity index (χ3v) is 2.85. The van der Waals surface area contributed by atoms with E-state index in [9.17, 15) is 9.90 Å². The minimum absolute atomic E-state index is 0.434. The van der Waals surface area contributed by atoms with Crippen molar-refractivity contribution in [2.75, 3.05) is 11.4 Å². The van der Waals surface area contributed by atoms with Gasteiger partial charge in [-0.1, -0.05) is 26.0 Å². The molecule has 94 valence electrons. The summed E-state index contributed by atoms with van der Waals surface area (Å²) < 4.78 is 0. The molecule has 1 atom stereocenters. The average Bonchev–Trinajstić information content (AvgIpc) is 2.28. The van der Waals surface area contributed by atoms with Gasteiger partial charge in [0.1, 0.15) is 6.04 Å². The zero-order chi connectivity index (χ0) is 12.8. The van der Waals surface area contributed by atoms with Gasteiger partial charge in [-0.2, -0.15) is 0 Å². The van der Waals surface area contributed by atoms with E-state index in [1.165, 1.54) is 0 Å². The molecule has 0 aromatic heterocycles. The molecule has 0 aliphatic rings. The Morgan fingerprint density at radius 2 is 2.12 bits per heavy atom. The molecule has 1 aromatic rings. The second kappa shape index (κ2) is 6.28. The van der Waals surface area contributed by atoms with Crippen molar-refractivity contribution >= 4 is 11.7 Å². The maximum atomic E-state index is 11.3. The van der Waals surface area contributed by atoms with Crippen LogP contribution in [0.2, 0.25) is 0 Å². The number of nitrogens with zero attached hydrogens (tertiary/aromatic N) is 1. The molecule has 17 heavy (non-hydrogen) atoms. The maximum Gasteiger partial charge on any atom is 0.326 e. The summed E-state index contributed by atoms with van der Waals surface area (Å²) >= 11 is 0. The first-order valence-corrected chi connectivity index (χ1v) is 6.16. The van der Waals surface area contributed by atoms with Gasteiger partial charge in [0.15, 0.2) is 0 Å². The van der Waals surface area contributed by atoms with Crippen LogP contribution < -0.4 is 4.90 Å². The summed E-state index contributed by atoms with van der Waals surface area (Å²) in [6.45, 7) is 6.78. The van der Waals surface area contributed by atoms with Gasteiger partial charge in [0.25, 0.3) is 0 Å². The second-order valence-corrected chi connectivity index (χ2v) is 4.29. The quantitative estimate of drug-likeness (QED) is 0.823. The summed E-state index contributed by atoms with van der Waals surface area (Å²) in [4.78, 5) is 13.2. The molecule has 0 fully saturated rings. The van der Waals surface area contributed by atoms with E-state index in [1.807, 2.05) is 43.0 Å². The number of aliphatic carboxylic acids is 1. The van der Waals surface area contributed by atoms with E-state index in [0.29, 0.717) is 6.42 Å². The van der Waals surface area contributed by atoms with Crippen molar-refractivity contribution in [3.63, 3.8) is 0 Å². The molecular weight excluding hydrogens is 214 g/mol. The highest BCUT2D eigenvalue weighted by Gasteiger charge is 2.23. The minimum Gasteiger partial charge on any atom is -0.480 e. The van der Waals surface area contributed by atoms with Crippen LogP contribution in [0.25, 0.3) is 0 Å². The molecule has 3 heteroatoms. The predicted octanol–water partition coefficient (Wildman–Crippen LogP) is 3.07. The summed E-state index contributed by atoms with van der Waals surface area (Å²) in [5, 5.41) is 9.26. The third kappa shape index (κ3) is 3.48. The first kappa shape index (κ1) is 13.6. The summed E-state index contributed by atoms with van der Waals surface area (Å²) in [7, 11) is 0. The standard InChI is InChI=1S/C14H21NO2/c1-4-9-15(13(5-2)14(16)17)12-8-6-7-11(3)10-12/h6-8,10,13H,4-5,9H2,1-3H3,(H,16,17)/t13-/m1/s1. The van der Waals surface area contributed by atoms with Gasteiger partial charge in [-0.15, -0.1) is 0 Å². The normalized spacial score (nSPS) is 12.2. The second-order valence-electron chi connectivity index (χ2n) is 4.29. The largest absolute Gasteiger partial charge is 0.480 e. The highest BCUT2D eigenvalue weighted by Crippen LogP contribution is 2.20. The van der Waals surface area contributed by atoms with Crippen molar-refractivity contribution in [1.82, 2.24) is 0 Å². The van der Waals surface area contributed by atoms with E-state index in [-0.39, 0.29) is 0 Å². The number of carbonyl (C=O) groups is 1. The Morgan fingerprint density at radius 3 is 2.59 bits per heavy atom. The van der Waals surface area contributed by atoms with Crippen LogP contribution in [-0.2, 0) is 4.79 Å². The molecule has 0 radical (unpaired) electrons. The molecule has 0 saturated carbocycles. The first-order valence-electron chi connectivity index (χ1n) is 6.16. The van der Waals surface area contributed by atoms with E-state index in [1.54, 1.807) is 0 Å². The van der Waals surface area contributed by atoms with Gasteiger partial charge in [-0.25, -0.2) is 4.79 Å². The Hall–Kier alpha value is -1.51. The van der Waals surface area contributed by atoms with Crippen LogP contribution in [-0.4, -0.2) is 23.7 Å². The molecule has 0 saturated heterocycles. The van der Waals surface area contributed by atoms with E-state index in [2.05, 4.69) is 6.92 Å². The number of carboxylic acids is 1. The number of hydrogen-bond acceptors (Lipinski definition) is 2. The average molecular weight is 235 g/mol. The molecule has 1 aromatic carbocycles. The summed E-state index contributed by atoms with van der Waals surface area (Å²) in [6.07, 6.45) is 1.56. The fraction of sp³-hybridized carbons (Fsp3) is 0.500. The van der Waals surface area contributed by atoms with Gasteiger partial charge >= 0.3 is 5.97 Å². The van der Waals surface area contributed by atoms with Crippen molar-refractivity contribution in [3.8, 4) is 0 Å². The lowest BCUT2D eigenvalue weighted by Crippen LogP contribution is -2.41. The number of carboxylic acid groups (broad SMARTS) is 1. The molecule has 1 rings (SSSR count). The maximum absolute atomic E-state index is 11.3. The smallest absolute Gasteiger partial charge is 0.326 e. The summed E-state index contributed by atoms with van der Waals surface area (Å²) in [5.74, 6) is -0.748. The van der Waals surface area contributed by atoms with E-state index in [0.717, 1.165) is 24.2 Å². The first-order chi connectivity index (χ1) is 8.10. The SMILES string of the molecule is CCCN(c1cccc(C)c1)[C@H](CC)C(=O)O. The van der Waals surface area contributed by atoms with Crippen LogP contribution in [0.15, 0.2) is 24.3 Å². The highest BCUT2D eigenvalue weighted by molar-refractivity contribution is 5.78. The number of hydrogen-bond donors (Lipinski definition) is 1. The topological polar surface area (TPSA) is 40.5 Å². The van der Waals surface area contributed by atoms with Crippen LogP contribution in [0.1, 0.15) is 32.3 Å². The molecule has 0 spiro atoms. The predicted molar refractivity (Wildman–Crippen MR) is 70.5 cm³/mol. The van der Waals surface area contributed by atoms with Gasteiger partial charge < -0.3 is 10.0 Å². The van der Waals surface area contributed by atoms with Crippen molar-refractivity contribution in [2.45, 2.75) is 39.7 Å². The Balaban J connectivity index is 3.03. The minimum atomic E-state index is -0.748. The molecule has 0 aliphatic carbocycles. The monoisotopic (exact) mass is 235 g/mol. The van der Waals surface area contributed by atoms with Crippen molar-refractivity contribution in [2.24, 2.45) is 0 Å². The Kier molecular flexibility index (Phi) is 5.01. The number of rotatable bonds is 6. The summed E-state index contributed by atoms with van der Waals surface area (Å²) in [6, 6.07) is 7.59. The fourth-order valence-electron chi connectivity index (χ4n) is 2.04. The van der Waals surface area contributed by atoms with Crippen LogP contribution >= 0.6 is 0 Å². The zero-order valence-corrected chi connectivity index (χ0v) is 10.8. The van der Waals surface area contributed by atoms with Gasteiger partial charge in [0.2, 0.25) is 0 Å². The number of benzene rings is 1. The molecule has 0 unspecified atom stereocenters. The van der Waals surface area contributed by atoms with Crippen LogP contribution in [0.3, 0.4) is 0 Å². The Labute approximate surface area is 103 Å². The van der Waals surface area contributed by atoms with Crippen LogP contribution in [0.5, 0.6) is 0 Å². The molecule has 0 amide bonds. The fourth-order valence-corrected chi connectivity index (χ4v) is 2.04. The number of aryl methyl sites for hydroxylation is 1. The Bertz CT molecular complexity index is 376. The van der Waals surface area contributed by atoms with Crippen molar-refractivity contribution in [1.29, 1.82) is 0 Å². The van der Waals surface area contributed by atoms with Crippen LogP contribution in [0.4, 0.5) is 5.69 Å². The lowest BCUT2D eigenvalue weighted by atomic mass is 10.1. The zero-order valence-electron chi connectivity index (χ0n) is 10.8. The van der Waals surface area contributed by atoms with E-state index >= 15 is 0 Å². The molecule has 3 nitrogen and oxygen atoms in total. The lowest BCUT2D eigenvalue weighted by molar-refractivity contribution is -0.138. The number of anilines is 1. The van der Waals surface area contributed by atoms with Gasteiger partial charge in [0.05, 0.1) is 0 Å². The third-order valence-electron chi connectivity index (χ3n) is 2.85. The van der Waals surface area contributed by atoms with Crippen LogP contribution in [0, 0.1) is 6.92 Å². The van der Waals surface area contributed by atoms with Gasteiger partial charge in [-0.3, -0.25) is 0 Å². The van der Waals surface area contributed by atoms with Crippen molar-refractivity contribution < 1.29 is 9.90 Å². The van der Waals surface area contributed by atoms with Crippen molar-refractivity contribution in [3.05, 3.63) is 29.8 Å². The molecular formula is C14H21NO2. The molecule has 1 N–H and O–H groups in total.